The number of anilines is 1. The summed E-state index contributed by atoms with van der Waals surface area (Å²) in [6.07, 6.45) is 6.66. The van der Waals surface area contributed by atoms with E-state index in [0.29, 0.717) is 6.04 Å². The van der Waals surface area contributed by atoms with Crippen LogP contribution < -0.4 is 19.9 Å². The Labute approximate surface area is 172 Å². The summed E-state index contributed by atoms with van der Waals surface area (Å²) in [5.41, 5.74) is 5.63. The van der Waals surface area contributed by atoms with E-state index in [1.807, 2.05) is 0 Å². The largest absolute Gasteiger partial charge is 0.481 e. The lowest BCUT2D eigenvalue weighted by atomic mass is 9.97. The second-order valence-corrected chi connectivity index (χ2v) is 8.81. The van der Waals surface area contributed by atoms with Crippen LogP contribution in [0.4, 0.5) is 5.95 Å². The highest BCUT2D eigenvalue weighted by Crippen LogP contribution is 2.21. The van der Waals surface area contributed by atoms with Crippen LogP contribution in [0.15, 0.2) is 6.07 Å². The second kappa shape index (κ2) is 11.8. The normalized spacial score (nSPS) is 15.7. The van der Waals surface area contributed by atoms with Crippen LogP contribution in [0.5, 0.6) is 11.8 Å². The molecule has 10 nitrogen and oxygen atoms in total. The first-order chi connectivity index (χ1) is 13.6. The van der Waals surface area contributed by atoms with Crippen LogP contribution in [-0.2, 0) is 19.6 Å². The minimum Gasteiger partial charge on any atom is -0.481 e. The van der Waals surface area contributed by atoms with Gasteiger partial charge in [-0.1, -0.05) is 33.1 Å². The molecular formula is C18H32N4O6S. The predicted octanol–water partition coefficient (Wildman–Crippen LogP) is 1.71. The number of nitrogens with zero attached hydrogens (tertiary/aromatic N) is 2. The number of nitrogens with two attached hydrogens (primary N) is 1. The van der Waals surface area contributed by atoms with Crippen molar-refractivity contribution in [2.75, 3.05) is 26.1 Å². The fourth-order valence-corrected chi connectivity index (χ4v) is 4.40. The number of aromatic nitrogens is 2. The van der Waals surface area contributed by atoms with Gasteiger partial charge in [-0.3, -0.25) is 9.52 Å². The van der Waals surface area contributed by atoms with Crippen molar-refractivity contribution in [3.63, 3.8) is 0 Å². The lowest BCUT2D eigenvalue weighted by Gasteiger charge is -2.19. The van der Waals surface area contributed by atoms with Crippen LogP contribution in [0.1, 0.15) is 46.0 Å². The van der Waals surface area contributed by atoms with Crippen molar-refractivity contribution in [1.82, 2.24) is 9.97 Å². The van der Waals surface area contributed by atoms with Crippen LogP contribution in [0.2, 0.25) is 0 Å². The van der Waals surface area contributed by atoms with Crippen molar-refractivity contribution < 1.29 is 27.4 Å². The van der Waals surface area contributed by atoms with E-state index in [-0.39, 0.29) is 17.7 Å². The zero-order chi connectivity index (χ0) is 22.0. The fraction of sp³-hybridized carbons (Fsp3) is 0.722. The monoisotopic (exact) mass is 432 g/mol. The molecule has 1 aromatic rings. The molecule has 1 heterocycles. The van der Waals surface area contributed by atoms with Gasteiger partial charge in [0.25, 0.3) is 0 Å². The standard InChI is InChI=1S/C12H19N3O6S.C6H13N/c1-7(2)10(11(16)21-5)22(17,18)15-12-13-8(19-3)6-9(14-12)20-4;7-6-4-2-1-3-5-6/h6-7,10H,1-5H3,(H,13,14,15);6H,1-5,7H2. The van der Waals surface area contributed by atoms with Crippen LogP contribution in [-0.4, -0.2) is 57.0 Å². The van der Waals surface area contributed by atoms with Gasteiger partial charge in [-0.15, -0.1) is 0 Å². The Morgan fingerprint density at radius 1 is 1.10 bits per heavy atom. The third-order valence-corrected chi connectivity index (χ3v) is 6.23. The lowest BCUT2D eigenvalue weighted by Crippen LogP contribution is -2.40. The van der Waals surface area contributed by atoms with Crippen LogP contribution in [0, 0.1) is 5.92 Å². The Morgan fingerprint density at radius 2 is 1.62 bits per heavy atom. The molecule has 29 heavy (non-hydrogen) atoms. The third-order valence-electron chi connectivity index (χ3n) is 4.35. The number of hydrogen-bond donors (Lipinski definition) is 2. The number of sulfonamides is 1. The quantitative estimate of drug-likeness (QED) is 0.615. The molecule has 1 unspecified atom stereocenters. The minimum absolute atomic E-state index is 0.115. The van der Waals surface area contributed by atoms with Crippen LogP contribution in [0.3, 0.4) is 0 Å². The summed E-state index contributed by atoms with van der Waals surface area (Å²) in [6, 6.07) is 1.92. The maximum Gasteiger partial charge on any atom is 0.326 e. The molecule has 1 aromatic heterocycles. The van der Waals surface area contributed by atoms with Gasteiger partial charge in [-0.2, -0.15) is 9.97 Å². The van der Waals surface area contributed by atoms with Crippen molar-refractivity contribution in [2.45, 2.75) is 57.2 Å². The Kier molecular flexibility index (Phi) is 10.1. The number of nitrogens with one attached hydrogen (secondary N) is 1. The minimum atomic E-state index is -4.10. The zero-order valence-corrected chi connectivity index (χ0v) is 18.5. The molecule has 0 amide bonds. The van der Waals surface area contributed by atoms with Gasteiger partial charge in [0, 0.05) is 6.04 Å². The van der Waals surface area contributed by atoms with Gasteiger partial charge in [0.1, 0.15) is 0 Å². The van der Waals surface area contributed by atoms with Gasteiger partial charge >= 0.3 is 5.97 Å². The Bertz CT molecular complexity index is 728. The molecule has 0 aliphatic heterocycles. The molecule has 0 saturated heterocycles. The number of carbonyl (C=O) groups is 1. The maximum absolute atomic E-state index is 12.4. The van der Waals surface area contributed by atoms with E-state index in [1.54, 1.807) is 13.8 Å². The highest BCUT2D eigenvalue weighted by Gasteiger charge is 2.37. The molecule has 0 radical (unpaired) electrons. The number of carbonyl (C=O) groups excluding carboxylic acids is 1. The second-order valence-electron chi connectivity index (χ2n) is 7.01. The average molecular weight is 433 g/mol. The smallest absolute Gasteiger partial charge is 0.326 e. The van der Waals surface area contributed by atoms with Crippen molar-refractivity contribution >= 4 is 21.9 Å². The summed E-state index contributed by atoms with van der Waals surface area (Å²) >= 11 is 0. The van der Waals surface area contributed by atoms with Gasteiger partial charge < -0.3 is 19.9 Å². The van der Waals surface area contributed by atoms with Gasteiger partial charge in [0.05, 0.1) is 27.4 Å². The summed E-state index contributed by atoms with van der Waals surface area (Å²) in [5, 5.41) is -1.39. The highest BCUT2D eigenvalue weighted by molar-refractivity contribution is 7.94. The number of ether oxygens (including phenoxy) is 3. The lowest BCUT2D eigenvalue weighted by molar-refractivity contribution is -0.140. The number of methoxy groups -OCH3 is 3. The Hall–Kier alpha value is -2.14. The van der Waals surface area contributed by atoms with E-state index in [0.717, 1.165) is 7.11 Å². The van der Waals surface area contributed by atoms with E-state index in [1.165, 1.54) is 52.4 Å². The first-order valence-corrected chi connectivity index (χ1v) is 11.0. The number of esters is 1. The van der Waals surface area contributed by atoms with Crippen molar-refractivity contribution in [3.05, 3.63) is 6.07 Å². The van der Waals surface area contributed by atoms with Gasteiger partial charge in [0.15, 0.2) is 5.25 Å². The number of rotatable bonds is 7. The topological polar surface area (TPSA) is 143 Å². The molecule has 166 valence electrons. The van der Waals surface area contributed by atoms with Crippen molar-refractivity contribution in [2.24, 2.45) is 11.7 Å². The van der Waals surface area contributed by atoms with Gasteiger partial charge in [-0.05, 0) is 18.8 Å². The van der Waals surface area contributed by atoms with E-state index < -0.39 is 27.2 Å². The highest BCUT2D eigenvalue weighted by atomic mass is 32.2. The Morgan fingerprint density at radius 3 is 1.97 bits per heavy atom. The van der Waals surface area contributed by atoms with E-state index in [4.69, 9.17) is 15.2 Å². The molecule has 1 fully saturated rings. The molecule has 0 spiro atoms. The molecule has 1 aliphatic carbocycles. The maximum atomic E-state index is 12.4. The molecule has 0 bridgehead atoms. The van der Waals surface area contributed by atoms with Crippen LogP contribution >= 0.6 is 0 Å². The number of hydrogen-bond acceptors (Lipinski definition) is 9. The zero-order valence-electron chi connectivity index (χ0n) is 17.7. The summed E-state index contributed by atoms with van der Waals surface area (Å²) < 4.78 is 41.3. The summed E-state index contributed by atoms with van der Waals surface area (Å²) in [7, 11) is -0.240. The average Bonchev–Trinajstić information content (AvgIpc) is 2.67. The van der Waals surface area contributed by atoms with Crippen molar-refractivity contribution in [3.8, 4) is 11.8 Å². The fourth-order valence-electron chi connectivity index (χ4n) is 2.86. The predicted molar refractivity (Wildman–Crippen MR) is 109 cm³/mol. The van der Waals surface area contributed by atoms with Gasteiger partial charge in [0.2, 0.25) is 27.7 Å². The Balaban J connectivity index is 0.000000502. The molecule has 0 aromatic carbocycles. The summed E-state index contributed by atoms with van der Waals surface area (Å²) in [4.78, 5) is 19.4. The molecular weight excluding hydrogens is 400 g/mol. The third kappa shape index (κ3) is 8.01. The van der Waals surface area contributed by atoms with E-state index in [2.05, 4.69) is 19.4 Å². The molecule has 3 N–H and O–H groups in total. The molecule has 1 atom stereocenters. The van der Waals surface area contributed by atoms with Crippen molar-refractivity contribution in [1.29, 1.82) is 0 Å². The van der Waals surface area contributed by atoms with E-state index >= 15 is 0 Å². The van der Waals surface area contributed by atoms with E-state index in [9.17, 15) is 13.2 Å². The van der Waals surface area contributed by atoms with Gasteiger partial charge in [-0.25, -0.2) is 8.42 Å². The molecule has 2 rings (SSSR count). The summed E-state index contributed by atoms with van der Waals surface area (Å²) in [6.45, 7) is 3.18. The SMILES string of the molecule is COC(=O)C(C(C)C)S(=O)(=O)Nc1nc(OC)cc(OC)n1.NC1CCCCC1. The molecule has 11 heteroatoms. The first-order valence-electron chi connectivity index (χ1n) is 9.46. The summed E-state index contributed by atoms with van der Waals surface area (Å²) in [5.74, 6) is -1.40. The molecule has 1 aliphatic rings. The molecule has 1 saturated carbocycles. The first kappa shape index (κ1) is 24.9. The van der Waals surface area contributed by atoms with Crippen LogP contribution in [0.25, 0.3) is 0 Å².